The van der Waals surface area contributed by atoms with Gasteiger partial charge in [0.2, 0.25) is 0 Å². The van der Waals surface area contributed by atoms with Crippen molar-refractivity contribution in [2.75, 3.05) is 0 Å². The maximum Gasteiger partial charge on any atom is 0 e. The number of rotatable bonds is 1. The van der Waals surface area contributed by atoms with Crippen LogP contribution in [0.25, 0.3) is 11.1 Å². The summed E-state index contributed by atoms with van der Waals surface area (Å²) in [4.78, 5) is 0. The Morgan fingerprint density at radius 1 is 0.429 bits per heavy atom. The van der Waals surface area contributed by atoms with Crippen LogP contribution in [0.15, 0.2) is 84.9 Å². The molecular weight excluding hydrogens is 279 g/mol. The van der Waals surface area contributed by atoms with Crippen LogP contribution in [0.5, 0.6) is 0 Å². The SMILES string of the molecule is Cc1ccccc1C.[K].c1ccc(-c2ccccc2)cc1. The zero-order valence-electron chi connectivity index (χ0n) is 13.1. The first-order chi connectivity index (χ1) is 9.77. The summed E-state index contributed by atoms with van der Waals surface area (Å²) in [5, 5.41) is 0. The molecule has 0 aliphatic carbocycles. The fourth-order valence-corrected chi connectivity index (χ4v) is 1.92. The van der Waals surface area contributed by atoms with E-state index < -0.39 is 0 Å². The van der Waals surface area contributed by atoms with E-state index >= 15 is 0 Å². The molecule has 101 valence electrons. The Morgan fingerprint density at radius 3 is 1.00 bits per heavy atom. The van der Waals surface area contributed by atoms with Crippen molar-refractivity contribution >= 4 is 51.4 Å². The molecule has 3 aromatic carbocycles. The molecule has 0 saturated carbocycles. The van der Waals surface area contributed by atoms with Crippen molar-refractivity contribution < 1.29 is 0 Å². The zero-order valence-corrected chi connectivity index (χ0v) is 16.2. The minimum Gasteiger partial charge on any atom is -0.0622 e. The first kappa shape index (κ1) is 18.3. The summed E-state index contributed by atoms with van der Waals surface area (Å²) in [6, 6.07) is 29.1. The second kappa shape index (κ2) is 10.1. The van der Waals surface area contributed by atoms with Gasteiger partial charge in [-0.25, -0.2) is 0 Å². The van der Waals surface area contributed by atoms with Crippen molar-refractivity contribution in [1.82, 2.24) is 0 Å². The van der Waals surface area contributed by atoms with Gasteiger partial charge in [0.25, 0.3) is 0 Å². The van der Waals surface area contributed by atoms with E-state index in [1.54, 1.807) is 0 Å². The van der Waals surface area contributed by atoms with E-state index in [9.17, 15) is 0 Å². The van der Waals surface area contributed by atoms with Crippen LogP contribution in [0, 0.1) is 13.8 Å². The molecule has 1 radical (unpaired) electrons. The molecule has 0 spiro atoms. The maximum absolute atomic E-state index is 2.12. The summed E-state index contributed by atoms with van der Waals surface area (Å²) in [6.07, 6.45) is 0. The topological polar surface area (TPSA) is 0 Å². The van der Waals surface area contributed by atoms with Gasteiger partial charge in [-0.05, 0) is 36.1 Å². The van der Waals surface area contributed by atoms with E-state index in [1.165, 1.54) is 22.3 Å². The number of hydrogen-bond acceptors (Lipinski definition) is 0. The predicted molar refractivity (Wildman–Crippen MR) is 93.5 cm³/mol. The van der Waals surface area contributed by atoms with Crippen molar-refractivity contribution in [2.45, 2.75) is 13.8 Å². The third kappa shape index (κ3) is 6.29. The molecule has 0 unspecified atom stereocenters. The molecule has 0 aromatic heterocycles. The molecule has 0 heterocycles. The van der Waals surface area contributed by atoms with E-state index in [2.05, 4.69) is 86.6 Å². The summed E-state index contributed by atoms with van der Waals surface area (Å²) in [5.74, 6) is 0. The van der Waals surface area contributed by atoms with Crippen LogP contribution < -0.4 is 0 Å². The van der Waals surface area contributed by atoms with Gasteiger partial charge in [-0.2, -0.15) is 0 Å². The summed E-state index contributed by atoms with van der Waals surface area (Å²) >= 11 is 0. The minimum atomic E-state index is 0. The Hall–Kier alpha value is -0.704. The van der Waals surface area contributed by atoms with Gasteiger partial charge in [-0.15, -0.1) is 0 Å². The fraction of sp³-hybridized carbons (Fsp3) is 0.100. The second-order valence-electron chi connectivity index (χ2n) is 4.82. The number of hydrogen-bond donors (Lipinski definition) is 0. The molecule has 0 aliphatic heterocycles. The predicted octanol–water partition coefficient (Wildman–Crippen LogP) is 5.28. The molecule has 0 atom stereocenters. The van der Waals surface area contributed by atoms with Gasteiger partial charge in [0.15, 0.2) is 0 Å². The average Bonchev–Trinajstić information content (AvgIpc) is 2.53. The Kier molecular flexibility index (Phi) is 8.82. The van der Waals surface area contributed by atoms with E-state index in [-0.39, 0.29) is 51.4 Å². The molecule has 1 heteroatoms. The van der Waals surface area contributed by atoms with E-state index in [4.69, 9.17) is 0 Å². The summed E-state index contributed by atoms with van der Waals surface area (Å²) < 4.78 is 0. The van der Waals surface area contributed by atoms with Crippen LogP contribution in [0.3, 0.4) is 0 Å². The third-order valence-electron chi connectivity index (χ3n) is 3.31. The Labute approximate surface area is 170 Å². The van der Waals surface area contributed by atoms with Crippen LogP contribution in [0.4, 0.5) is 0 Å². The molecule has 0 aliphatic rings. The van der Waals surface area contributed by atoms with E-state index in [0.717, 1.165) is 0 Å². The molecule has 0 amide bonds. The molecule has 0 bridgehead atoms. The summed E-state index contributed by atoms with van der Waals surface area (Å²) in [5.41, 5.74) is 5.29. The molecular formula is C20H20K. The van der Waals surface area contributed by atoms with Crippen molar-refractivity contribution in [3.8, 4) is 11.1 Å². The molecule has 3 aromatic rings. The van der Waals surface area contributed by atoms with Gasteiger partial charge in [0.1, 0.15) is 0 Å². The van der Waals surface area contributed by atoms with Gasteiger partial charge < -0.3 is 0 Å². The van der Waals surface area contributed by atoms with Gasteiger partial charge in [-0.1, -0.05) is 84.9 Å². The Bertz CT molecular complexity index is 572. The molecule has 0 fully saturated rings. The largest absolute Gasteiger partial charge is 0.0622 e. The van der Waals surface area contributed by atoms with Gasteiger partial charge in [0.05, 0.1) is 0 Å². The van der Waals surface area contributed by atoms with Crippen molar-refractivity contribution in [2.24, 2.45) is 0 Å². The quantitative estimate of drug-likeness (QED) is 0.537. The van der Waals surface area contributed by atoms with Crippen LogP contribution in [0.2, 0.25) is 0 Å². The van der Waals surface area contributed by atoms with E-state index in [1.807, 2.05) is 12.1 Å². The van der Waals surface area contributed by atoms with Gasteiger partial charge in [0, 0.05) is 51.4 Å². The molecule has 3 rings (SSSR count). The minimum absolute atomic E-state index is 0. The molecule has 0 saturated heterocycles. The normalized spacial score (nSPS) is 9.05. The van der Waals surface area contributed by atoms with Crippen molar-refractivity contribution in [3.63, 3.8) is 0 Å². The van der Waals surface area contributed by atoms with Gasteiger partial charge in [-0.3, -0.25) is 0 Å². The van der Waals surface area contributed by atoms with Crippen LogP contribution in [-0.4, -0.2) is 51.4 Å². The van der Waals surface area contributed by atoms with Gasteiger partial charge >= 0.3 is 0 Å². The standard InChI is InChI=1S/C12H10.C8H10.K/c1-3-7-11(8-4-1)12-9-5-2-6-10-12;1-7-5-3-4-6-8(7)2;/h1-10H;3-6H,1-2H3;. The molecule has 21 heavy (non-hydrogen) atoms. The number of aryl methyl sites for hydroxylation is 2. The third-order valence-corrected chi connectivity index (χ3v) is 3.31. The number of benzene rings is 3. The summed E-state index contributed by atoms with van der Waals surface area (Å²) in [7, 11) is 0. The Balaban J connectivity index is 0.000000216. The molecule has 0 N–H and O–H groups in total. The van der Waals surface area contributed by atoms with Crippen LogP contribution in [-0.2, 0) is 0 Å². The first-order valence-corrected chi connectivity index (χ1v) is 6.90. The van der Waals surface area contributed by atoms with Crippen LogP contribution in [0.1, 0.15) is 11.1 Å². The van der Waals surface area contributed by atoms with E-state index in [0.29, 0.717) is 0 Å². The first-order valence-electron chi connectivity index (χ1n) is 6.90. The Morgan fingerprint density at radius 2 is 0.714 bits per heavy atom. The molecule has 0 nitrogen and oxygen atoms in total. The fourth-order valence-electron chi connectivity index (χ4n) is 1.92. The van der Waals surface area contributed by atoms with Crippen molar-refractivity contribution in [3.05, 3.63) is 96.1 Å². The average molecular weight is 299 g/mol. The van der Waals surface area contributed by atoms with Crippen LogP contribution >= 0.6 is 0 Å². The smallest absolute Gasteiger partial charge is 0 e. The summed E-state index contributed by atoms with van der Waals surface area (Å²) in [6.45, 7) is 4.24. The zero-order chi connectivity index (χ0) is 14.2. The monoisotopic (exact) mass is 299 g/mol. The van der Waals surface area contributed by atoms with Crippen molar-refractivity contribution in [1.29, 1.82) is 0 Å². The maximum atomic E-state index is 2.12. The second-order valence-corrected chi connectivity index (χ2v) is 4.82.